The highest BCUT2D eigenvalue weighted by Gasteiger charge is 2.41. The van der Waals surface area contributed by atoms with Crippen molar-refractivity contribution in [3.8, 4) is 0 Å². The van der Waals surface area contributed by atoms with Gasteiger partial charge in [0.2, 0.25) is 0 Å². The van der Waals surface area contributed by atoms with E-state index in [4.69, 9.17) is 0 Å². The number of carbonyl (C=O) groups excluding carboxylic acids is 8. The average molecular weight is 618 g/mol. The van der Waals surface area contributed by atoms with Crippen LogP contribution in [0.5, 0.6) is 0 Å². The number of benzene rings is 5. The van der Waals surface area contributed by atoms with Gasteiger partial charge in [0.1, 0.15) is 0 Å². The number of fused-ring (bicyclic) bond motifs is 2. The van der Waals surface area contributed by atoms with Crippen LogP contribution in [0.25, 0.3) is 43.1 Å². The Balaban J connectivity index is 1.49. The molecule has 5 aromatic rings. The summed E-state index contributed by atoms with van der Waals surface area (Å²) in [5, 5.41) is 49.2. The van der Waals surface area contributed by atoms with E-state index in [0.717, 1.165) is 0 Å². The van der Waals surface area contributed by atoms with E-state index < -0.39 is 72.4 Å². The molecular weight excluding hydrogens is 604 g/mol. The van der Waals surface area contributed by atoms with Crippen molar-refractivity contribution in [3.63, 3.8) is 0 Å². The zero-order valence-corrected chi connectivity index (χ0v) is 23.0. The Labute approximate surface area is 254 Å². The summed E-state index contributed by atoms with van der Waals surface area (Å²) < 4.78 is 0. The third-order valence-electron chi connectivity index (χ3n) is 8.59. The molecule has 46 heavy (non-hydrogen) atoms. The molecule has 0 aliphatic carbocycles. The number of nitrogens with zero attached hydrogens (tertiary/aromatic N) is 2. The van der Waals surface area contributed by atoms with Gasteiger partial charge in [-0.2, -0.15) is 0 Å². The molecule has 14 heteroatoms. The van der Waals surface area contributed by atoms with Crippen molar-refractivity contribution in [2.24, 2.45) is 0 Å². The minimum absolute atomic E-state index is 0.0731. The predicted molar refractivity (Wildman–Crippen MR) is 145 cm³/mol. The Bertz CT molecular complexity index is 2060. The number of imide groups is 2. The summed E-state index contributed by atoms with van der Waals surface area (Å²) >= 11 is 0. The summed E-state index contributed by atoms with van der Waals surface area (Å²) in [6, 6.07) is 7.25. The lowest BCUT2D eigenvalue weighted by Gasteiger charge is -2.35. The Morgan fingerprint density at radius 3 is 0.935 bits per heavy atom. The fourth-order valence-corrected chi connectivity index (χ4v) is 6.75. The molecule has 2 heterocycles. The van der Waals surface area contributed by atoms with Crippen molar-refractivity contribution in [1.29, 1.82) is 0 Å². The van der Waals surface area contributed by atoms with Crippen molar-refractivity contribution >= 4 is 90.6 Å². The molecule has 0 aromatic heterocycles. The summed E-state index contributed by atoms with van der Waals surface area (Å²) in [7, 11) is 0. The molecule has 0 spiro atoms. The van der Waals surface area contributed by atoms with E-state index in [1.807, 2.05) is 0 Å². The van der Waals surface area contributed by atoms with Crippen molar-refractivity contribution in [2.45, 2.75) is 24.9 Å². The van der Waals surface area contributed by atoms with Crippen LogP contribution in [-0.4, -0.2) is 69.4 Å². The van der Waals surface area contributed by atoms with E-state index >= 15 is 0 Å². The lowest BCUT2D eigenvalue weighted by atomic mass is 9.82. The van der Waals surface area contributed by atoms with Crippen LogP contribution in [0, 0.1) is 0 Å². The van der Waals surface area contributed by atoms with Gasteiger partial charge in [-0.1, -0.05) is 24.3 Å². The van der Waals surface area contributed by atoms with Crippen molar-refractivity contribution in [3.05, 3.63) is 70.8 Å². The molecular formula is C32H14N2O12-4. The Morgan fingerprint density at radius 1 is 0.457 bits per heavy atom. The van der Waals surface area contributed by atoms with Gasteiger partial charge in [0, 0.05) is 57.8 Å². The average Bonchev–Trinajstić information content (AvgIpc) is 3.00. The SMILES string of the molecule is O=C([O-])CC(C(=O)[O-])N1C(=O)c2ccc3c4ccc5c6c(ccc(c7ccc(c2c37)C1=O)c64)C(=O)N(C(CC(=O)[O-])C(=O)[O-])C5=O. The lowest BCUT2D eigenvalue weighted by Crippen LogP contribution is -2.56. The van der Waals surface area contributed by atoms with Crippen molar-refractivity contribution in [2.75, 3.05) is 0 Å². The molecule has 2 aliphatic heterocycles. The van der Waals surface area contributed by atoms with Gasteiger partial charge in [-0.05, 0) is 56.6 Å². The van der Waals surface area contributed by atoms with E-state index in [-0.39, 0.29) is 33.0 Å². The largest absolute Gasteiger partial charge is 0.550 e. The summed E-state index contributed by atoms with van der Waals surface area (Å²) in [4.78, 5) is 101. The molecule has 2 atom stereocenters. The van der Waals surface area contributed by atoms with Crippen LogP contribution in [-0.2, 0) is 19.2 Å². The van der Waals surface area contributed by atoms with E-state index in [9.17, 15) is 58.8 Å². The highest BCUT2D eigenvalue weighted by molar-refractivity contribution is 6.41. The lowest BCUT2D eigenvalue weighted by molar-refractivity contribution is -0.319. The third-order valence-corrected chi connectivity index (χ3v) is 8.59. The van der Waals surface area contributed by atoms with Crippen LogP contribution in [0.1, 0.15) is 54.3 Å². The van der Waals surface area contributed by atoms with Gasteiger partial charge < -0.3 is 39.6 Å². The molecule has 0 N–H and O–H groups in total. The number of amides is 4. The zero-order chi connectivity index (χ0) is 32.9. The number of hydrogen-bond donors (Lipinski definition) is 0. The molecule has 0 bridgehead atoms. The minimum Gasteiger partial charge on any atom is -0.550 e. The van der Waals surface area contributed by atoms with Crippen LogP contribution in [0.3, 0.4) is 0 Å². The zero-order valence-electron chi connectivity index (χ0n) is 23.0. The van der Waals surface area contributed by atoms with Gasteiger partial charge in [0.15, 0.2) is 0 Å². The van der Waals surface area contributed by atoms with E-state index in [0.29, 0.717) is 42.1 Å². The first-order chi connectivity index (χ1) is 21.8. The highest BCUT2D eigenvalue weighted by Crippen LogP contribution is 2.46. The monoisotopic (exact) mass is 618 g/mol. The molecule has 7 rings (SSSR count). The maximum Gasteiger partial charge on any atom is 0.262 e. The van der Waals surface area contributed by atoms with Crippen LogP contribution < -0.4 is 20.4 Å². The molecule has 4 amide bonds. The van der Waals surface area contributed by atoms with E-state index in [1.54, 1.807) is 0 Å². The maximum absolute atomic E-state index is 13.5. The van der Waals surface area contributed by atoms with E-state index in [1.165, 1.54) is 48.5 Å². The van der Waals surface area contributed by atoms with Gasteiger partial charge >= 0.3 is 0 Å². The normalized spacial score (nSPS) is 15.7. The summed E-state index contributed by atoms with van der Waals surface area (Å²) in [5.41, 5.74) is -0.292. The molecule has 2 aliphatic rings. The maximum atomic E-state index is 13.5. The first-order valence-electron chi connectivity index (χ1n) is 13.6. The molecule has 0 radical (unpaired) electrons. The number of aliphatic carboxylic acids is 4. The number of rotatable bonds is 8. The molecule has 14 nitrogen and oxygen atoms in total. The highest BCUT2D eigenvalue weighted by atomic mass is 16.4. The number of carboxylic acid groups (broad SMARTS) is 4. The Hall–Kier alpha value is -6.44. The van der Waals surface area contributed by atoms with E-state index in [2.05, 4.69) is 0 Å². The molecule has 5 aromatic carbocycles. The first-order valence-corrected chi connectivity index (χ1v) is 13.6. The summed E-state index contributed by atoms with van der Waals surface area (Å²) in [6.45, 7) is 0. The van der Waals surface area contributed by atoms with Crippen LogP contribution in [0.2, 0.25) is 0 Å². The number of carboxylic acids is 4. The second-order valence-electron chi connectivity index (χ2n) is 10.9. The molecule has 228 valence electrons. The number of hydrogen-bond acceptors (Lipinski definition) is 12. The van der Waals surface area contributed by atoms with Gasteiger partial charge in [0.25, 0.3) is 23.6 Å². The summed E-state index contributed by atoms with van der Waals surface area (Å²) in [5.74, 6) is -11.7. The van der Waals surface area contributed by atoms with Gasteiger partial charge in [-0.3, -0.25) is 29.0 Å². The first kappa shape index (κ1) is 28.3. The quantitative estimate of drug-likeness (QED) is 0.0992. The Morgan fingerprint density at radius 2 is 0.717 bits per heavy atom. The van der Waals surface area contributed by atoms with Gasteiger partial charge in [-0.15, -0.1) is 0 Å². The van der Waals surface area contributed by atoms with Crippen molar-refractivity contribution in [1.82, 2.24) is 9.80 Å². The van der Waals surface area contributed by atoms with Crippen LogP contribution >= 0.6 is 0 Å². The number of carbonyl (C=O) groups is 8. The molecule has 0 fully saturated rings. The van der Waals surface area contributed by atoms with Crippen LogP contribution in [0.4, 0.5) is 0 Å². The fraction of sp³-hybridized carbons (Fsp3) is 0.125. The second-order valence-corrected chi connectivity index (χ2v) is 10.9. The standard InChI is InChI=1S/C32H18N2O12/c35-21(36)9-19(31(43)44)33-27(39)15-5-1-11-12-2-6-17-26-18(30(42)34(29(17)41)20(32(45)46)10-22(37)38)8-4-14(24(12)26)13-3-7-16(28(33)40)25(15)23(11)13/h1-8,19-20H,9-10H2,(H,35,36)(H,37,38)(H,43,44)(H,45,46)/p-4. The topological polar surface area (TPSA) is 235 Å². The molecule has 2 unspecified atom stereocenters. The van der Waals surface area contributed by atoms with Gasteiger partial charge in [-0.25, -0.2) is 0 Å². The molecule has 0 saturated carbocycles. The Kier molecular flexibility index (Phi) is 5.87. The van der Waals surface area contributed by atoms with Crippen LogP contribution in [0.15, 0.2) is 48.5 Å². The smallest absolute Gasteiger partial charge is 0.262 e. The minimum atomic E-state index is -2.13. The van der Waals surface area contributed by atoms with Gasteiger partial charge in [0.05, 0.1) is 24.0 Å². The second kappa shape index (κ2) is 9.53. The predicted octanol–water partition coefficient (Wildman–Crippen LogP) is -2.55. The molecule has 0 saturated heterocycles. The summed E-state index contributed by atoms with van der Waals surface area (Å²) in [6.07, 6.45) is -2.36. The third kappa shape index (κ3) is 3.63. The van der Waals surface area contributed by atoms with Crippen molar-refractivity contribution < 1.29 is 58.8 Å². The fourth-order valence-electron chi connectivity index (χ4n) is 6.75.